The first kappa shape index (κ1) is 22.5. The van der Waals surface area contributed by atoms with Gasteiger partial charge in [0.05, 0.1) is 13.7 Å². The lowest BCUT2D eigenvalue weighted by atomic mass is 9.96. The van der Waals surface area contributed by atoms with Gasteiger partial charge in [-0.2, -0.15) is 4.98 Å². The molecule has 9 heteroatoms. The van der Waals surface area contributed by atoms with Crippen LogP contribution in [0.15, 0.2) is 28.8 Å². The van der Waals surface area contributed by atoms with Crippen molar-refractivity contribution in [3.8, 4) is 17.1 Å². The fourth-order valence-electron chi connectivity index (χ4n) is 4.47. The summed E-state index contributed by atoms with van der Waals surface area (Å²) < 4.78 is 10.7. The van der Waals surface area contributed by atoms with Gasteiger partial charge < -0.3 is 24.6 Å². The van der Waals surface area contributed by atoms with E-state index < -0.39 is 0 Å². The second-order valence-electron chi connectivity index (χ2n) is 8.82. The molecule has 2 aromatic rings. The molecule has 2 saturated heterocycles. The number of amides is 1. The van der Waals surface area contributed by atoms with Crippen molar-refractivity contribution in [2.45, 2.75) is 32.2 Å². The molecule has 2 aliphatic heterocycles. The lowest BCUT2D eigenvalue weighted by Crippen LogP contribution is -2.42. The molecule has 0 spiro atoms. The number of nitrogens with one attached hydrogen (secondary N) is 1. The van der Waals surface area contributed by atoms with E-state index in [1.165, 1.54) is 0 Å². The molecule has 2 fully saturated rings. The van der Waals surface area contributed by atoms with Crippen LogP contribution in [0.5, 0.6) is 5.75 Å². The Morgan fingerprint density at radius 1 is 1.25 bits per heavy atom. The molecule has 1 amide bonds. The number of carbonyl (C=O) groups excluding carboxylic acids is 1. The van der Waals surface area contributed by atoms with Gasteiger partial charge in [-0.05, 0) is 62.9 Å². The SMILES string of the molecule is COc1ccc(-c2noc(N3CCC(C(=O)NCC4CCN(C(C)CO)C4)CC3)n2)cc1. The Kier molecular flexibility index (Phi) is 7.26. The molecule has 9 nitrogen and oxygen atoms in total. The van der Waals surface area contributed by atoms with Crippen molar-refractivity contribution in [1.29, 1.82) is 0 Å². The average molecular weight is 444 g/mol. The maximum absolute atomic E-state index is 12.7. The van der Waals surface area contributed by atoms with Gasteiger partial charge in [-0.1, -0.05) is 5.16 Å². The molecule has 0 saturated carbocycles. The normalized spacial score (nSPS) is 21.0. The summed E-state index contributed by atoms with van der Waals surface area (Å²) in [6.45, 7) is 6.29. The molecule has 0 aliphatic carbocycles. The van der Waals surface area contributed by atoms with Crippen LogP contribution in [-0.2, 0) is 4.79 Å². The Hall–Kier alpha value is -2.65. The molecule has 0 radical (unpaired) electrons. The largest absolute Gasteiger partial charge is 0.497 e. The standard InChI is InChI=1S/C23H33N5O4/c1-16(15-29)28-10-7-17(14-28)13-24-22(30)19-8-11-27(12-9-19)23-25-21(26-32-23)18-3-5-20(31-2)6-4-18/h3-6,16-17,19,29H,7-15H2,1-2H3,(H,24,30). The molecule has 2 atom stereocenters. The van der Waals surface area contributed by atoms with Crippen LogP contribution >= 0.6 is 0 Å². The van der Waals surface area contributed by atoms with Gasteiger partial charge in [-0.3, -0.25) is 9.69 Å². The van der Waals surface area contributed by atoms with Gasteiger partial charge in [0.1, 0.15) is 5.75 Å². The van der Waals surface area contributed by atoms with E-state index in [0.29, 0.717) is 37.4 Å². The van der Waals surface area contributed by atoms with Crippen LogP contribution < -0.4 is 15.0 Å². The number of nitrogens with zero attached hydrogens (tertiary/aromatic N) is 4. The number of rotatable bonds is 8. The molecular formula is C23H33N5O4. The lowest BCUT2D eigenvalue weighted by Gasteiger charge is -2.30. The van der Waals surface area contributed by atoms with E-state index in [0.717, 1.165) is 43.7 Å². The van der Waals surface area contributed by atoms with Crippen LogP contribution in [0, 0.1) is 11.8 Å². The Labute approximate surface area is 188 Å². The number of hydrogen-bond donors (Lipinski definition) is 2. The number of carbonyl (C=O) groups is 1. The van der Waals surface area contributed by atoms with Gasteiger partial charge in [0.15, 0.2) is 0 Å². The highest BCUT2D eigenvalue weighted by Gasteiger charge is 2.30. The number of benzene rings is 1. The summed E-state index contributed by atoms with van der Waals surface area (Å²) in [6.07, 6.45) is 2.60. The van der Waals surface area contributed by atoms with Gasteiger partial charge in [0.2, 0.25) is 11.7 Å². The minimum Gasteiger partial charge on any atom is -0.497 e. The zero-order chi connectivity index (χ0) is 22.5. The third-order valence-electron chi connectivity index (χ3n) is 6.67. The summed E-state index contributed by atoms with van der Waals surface area (Å²) in [5, 5.41) is 16.6. The number of piperidine rings is 1. The van der Waals surface area contributed by atoms with E-state index in [1.807, 2.05) is 31.2 Å². The molecule has 174 valence electrons. The fourth-order valence-corrected chi connectivity index (χ4v) is 4.47. The summed E-state index contributed by atoms with van der Waals surface area (Å²) in [5.41, 5.74) is 0.869. The van der Waals surface area contributed by atoms with E-state index in [-0.39, 0.29) is 24.5 Å². The molecule has 1 aromatic heterocycles. The maximum atomic E-state index is 12.7. The number of likely N-dealkylation sites (tertiary alicyclic amines) is 1. The summed E-state index contributed by atoms with van der Waals surface area (Å²) in [6, 6.07) is 8.22. The number of hydrogen-bond acceptors (Lipinski definition) is 8. The predicted octanol–water partition coefficient (Wildman–Crippen LogP) is 1.78. The number of aliphatic hydroxyl groups is 1. The van der Waals surface area contributed by atoms with E-state index >= 15 is 0 Å². The van der Waals surface area contributed by atoms with Crippen molar-refractivity contribution in [3.05, 3.63) is 24.3 Å². The number of ether oxygens (including phenoxy) is 1. The van der Waals surface area contributed by atoms with Crippen LogP contribution in [-0.4, -0.2) is 78.5 Å². The number of methoxy groups -OCH3 is 1. The zero-order valence-electron chi connectivity index (χ0n) is 18.9. The van der Waals surface area contributed by atoms with Crippen molar-refractivity contribution >= 4 is 11.9 Å². The molecule has 32 heavy (non-hydrogen) atoms. The first-order chi connectivity index (χ1) is 15.6. The van der Waals surface area contributed by atoms with Crippen LogP contribution in [0.4, 0.5) is 6.01 Å². The molecule has 2 aliphatic rings. The number of aromatic nitrogens is 2. The predicted molar refractivity (Wildman–Crippen MR) is 120 cm³/mol. The summed E-state index contributed by atoms with van der Waals surface area (Å²) >= 11 is 0. The summed E-state index contributed by atoms with van der Waals surface area (Å²) in [7, 11) is 1.63. The second-order valence-corrected chi connectivity index (χ2v) is 8.82. The molecule has 4 rings (SSSR count). The summed E-state index contributed by atoms with van der Waals surface area (Å²) in [5.74, 6) is 1.95. The van der Waals surface area contributed by atoms with Crippen molar-refractivity contribution in [2.75, 3.05) is 51.3 Å². The van der Waals surface area contributed by atoms with Gasteiger partial charge in [0.25, 0.3) is 0 Å². The third kappa shape index (κ3) is 5.21. The molecule has 2 N–H and O–H groups in total. The highest BCUT2D eigenvalue weighted by molar-refractivity contribution is 5.79. The Morgan fingerprint density at radius 2 is 2.00 bits per heavy atom. The smallest absolute Gasteiger partial charge is 0.324 e. The highest BCUT2D eigenvalue weighted by atomic mass is 16.5. The first-order valence-corrected chi connectivity index (χ1v) is 11.4. The molecule has 2 unspecified atom stereocenters. The summed E-state index contributed by atoms with van der Waals surface area (Å²) in [4.78, 5) is 21.5. The van der Waals surface area contributed by atoms with E-state index in [9.17, 15) is 9.90 Å². The third-order valence-corrected chi connectivity index (χ3v) is 6.67. The zero-order valence-corrected chi connectivity index (χ0v) is 18.9. The second kappa shape index (κ2) is 10.3. The molecule has 0 bridgehead atoms. The van der Waals surface area contributed by atoms with Crippen molar-refractivity contribution < 1.29 is 19.2 Å². The maximum Gasteiger partial charge on any atom is 0.324 e. The van der Waals surface area contributed by atoms with E-state index in [1.54, 1.807) is 7.11 Å². The lowest BCUT2D eigenvalue weighted by molar-refractivity contribution is -0.125. The number of anilines is 1. The monoisotopic (exact) mass is 443 g/mol. The Morgan fingerprint density at radius 3 is 2.69 bits per heavy atom. The highest BCUT2D eigenvalue weighted by Crippen LogP contribution is 2.26. The number of aliphatic hydroxyl groups excluding tert-OH is 1. The van der Waals surface area contributed by atoms with Gasteiger partial charge in [0, 0.05) is 43.7 Å². The molecular weight excluding hydrogens is 410 g/mol. The first-order valence-electron chi connectivity index (χ1n) is 11.4. The van der Waals surface area contributed by atoms with E-state index in [2.05, 4.69) is 25.3 Å². The minimum atomic E-state index is 0.0177. The average Bonchev–Trinajstić information content (AvgIpc) is 3.52. The Bertz CT molecular complexity index is 879. The van der Waals surface area contributed by atoms with Crippen molar-refractivity contribution in [1.82, 2.24) is 20.4 Å². The Balaban J connectivity index is 1.23. The minimum absolute atomic E-state index is 0.0177. The van der Waals surface area contributed by atoms with Crippen LogP contribution in [0.3, 0.4) is 0 Å². The molecule has 3 heterocycles. The van der Waals surface area contributed by atoms with Crippen LogP contribution in [0.2, 0.25) is 0 Å². The molecule has 1 aromatic carbocycles. The van der Waals surface area contributed by atoms with Gasteiger partial charge >= 0.3 is 6.01 Å². The van der Waals surface area contributed by atoms with Crippen molar-refractivity contribution in [2.24, 2.45) is 11.8 Å². The van der Waals surface area contributed by atoms with Gasteiger partial charge in [-0.15, -0.1) is 0 Å². The quantitative estimate of drug-likeness (QED) is 0.636. The van der Waals surface area contributed by atoms with E-state index in [4.69, 9.17) is 9.26 Å². The van der Waals surface area contributed by atoms with Crippen LogP contribution in [0.25, 0.3) is 11.4 Å². The van der Waals surface area contributed by atoms with Crippen LogP contribution in [0.1, 0.15) is 26.2 Å². The van der Waals surface area contributed by atoms with Crippen molar-refractivity contribution in [3.63, 3.8) is 0 Å². The fraction of sp³-hybridized carbons (Fsp3) is 0.609. The topological polar surface area (TPSA) is 104 Å². The van der Waals surface area contributed by atoms with Gasteiger partial charge in [-0.25, -0.2) is 0 Å².